The molecule has 0 saturated carbocycles. The number of thiocarbonyl (C=S) groups is 1. The van der Waals surface area contributed by atoms with Crippen molar-refractivity contribution < 1.29 is 80.2 Å². The van der Waals surface area contributed by atoms with Gasteiger partial charge in [0.2, 0.25) is 11.3 Å². The molecule has 1 aliphatic heterocycles. The number of phosphoric acid groups is 1. The first-order valence-electron chi connectivity index (χ1n) is 35.7. The SMILES string of the molecule is CCCCCCCC/C=C\CCCCCCCC(=O)OCC(COC)OC(=O)CCCCCCC/C=C\CCCCCCCC.O=C(CCCCC(=O)NCCCCCNC(=S)Nc1ccc(-c2c3cc(F)c(=O)cc-3oc3cc(O)c(F)cc23)cc1)CCCOP(=O)(O)O.O=C=O. The Morgan fingerprint density at radius 1 is 0.612 bits per heavy atom. The number of ketones is 1. The number of anilines is 1. The van der Waals surface area contributed by atoms with Gasteiger partial charge in [-0.2, -0.15) is 9.59 Å². The van der Waals surface area contributed by atoms with Crippen LogP contribution in [0.2, 0.25) is 0 Å². The minimum absolute atomic E-state index is 0.0364. The van der Waals surface area contributed by atoms with Gasteiger partial charge in [0.05, 0.1) is 13.2 Å². The fourth-order valence-corrected chi connectivity index (χ4v) is 11.3. The van der Waals surface area contributed by atoms with Crippen LogP contribution in [0.1, 0.15) is 251 Å². The van der Waals surface area contributed by atoms with Crippen molar-refractivity contribution in [3.05, 3.63) is 94.7 Å². The monoisotopic (exact) mass is 1410 g/mol. The molecule has 0 fully saturated rings. The number of amides is 1. The third-order valence-electron chi connectivity index (χ3n) is 16.1. The minimum Gasteiger partial charge on any atom is -0.505 e. The van der Waals surface area contributed by atoms with Crippen molar-refractivity contribution in [3.63, 3.8) is 0 Å². The number of aromatic hydroxyl groups is 1. The zero-order valence-corrected chi connectivity index (χ0v) is 60.2. The summed E-state index contributed by atoms with van der Waals surface area (Å²) in [4.78, 5) is 93.7. The van der Waals surface area contributed by atoms with E-state index in [0.717, 1.165) is 94.9 Å². The van der Waals surface area contributed by atoms with E-state index in [4.69, 9.17) is 50.2 Å². The Kier molecular flexibility index (Phi) is 50.3. The molecule has 0 bridgehead atoms. The van der Waals surface area contributed by atoms with Crippen LogP contribution in [0.15, 0.2) is 82.0 Å². The zero-order valence-electron chi connectivity index (χ0n) is 58.5. The van der Waals surface area contributed by atoms with E-state index < -0.39 is 36.7 Å². The fourth-order valence-electron chi connectivity index (χ4n) is 10.7. The second-order valence-corrected chi connectivity index (χ2v) is 26.2. The molecular weight excluding hydrogens is 1300 g/mol. The number of Topliss-reactive ketones (excluding diaryl/α,β-unsaturated/α-hetero) is 1. The molecule has 98 heavy (non-hydrogen) atoms. The zero-order chi connectivity index (χ0) is 71.9. The van der Waals surface area contributed by atoms with Crippen LogP contribution in [0.25, 0.3) is 33.4 Å². The van der Waals surface area contributed by atoms with Gasteiger partial charge in [-0.05, 0) is 145 Å². The number of fused-ring (bicyclic) bond motifs is 2. The van der Waals surface area contributed by atoms with Gasteiger partial charge in [0, 0.05) is 86.6 Å². The van der Waals surface area contributed by atoms with Crippen LogP contribution >= 0.6 is 20.0 Å². The first-order chi connectivity index (χ1) is 47.3. The normalized spacial score (nSPS) is 11.6. The van der Waals surface area contributed by atoms with Crippen molar-refractivity contribution >= 4 is 71.6 Å². The number of rotatable bonds is 53. The molecular formula is C75H112F2N3O16PS. The van der Waals surface area contributed by atoms with Gasteiger partial charge >= 0.3 is 25.9 Å². The topological polar surface area (TPSA) is 283 Å². The summed E-state index contributed by atoms with van der Waals surface area (Å²) < 4.78 is 65.4. The Hall–Kier alpha value is -6.51. The smallest absolute Gasteiger partial charge is 0.469 e. The van der Waals surface area contributed by atoms with Crippen molar-refractivity contribution in [3.8, 4) is 28.2 Å². The van der Waals surface area contributed by atoms with Gasteiger partial charge < -0.3 is 49.5 Å². The molecule has 1 aliphatic carbocycles. The maximum atomic E-state index is 14.4. The average Bonchev–Trinajstić information content (AvgIpc) is 0.751. The number of allylic oxidation sites excluding steroid dienone is 4. The van der Waals surface area contributed by atoms with Crippen molar-refractivity contribution in [1.82, 2.24) is 10.6 Å². The van der Waals surface area contributed by atoms with Gasteiger partial charge in [0.15, 0.2) is 28.6 Å². The number of hydrogen-bond acceptors (Lipinski definition) is 15. The van der Waals surface area contributed by atoms with Crippen LogP contribution < -0.4 is 21.4 Å². The number of phenols is 1. The maximum absolute atomic E-state index is 14.4. The number of carbonyl (C=O) groups excluding carboxylic acids is 6. The van der Waals surface area contributed by atoms with E-state index in [0.29, 0.717) is 73.5 Å². The van der Waals surface area contributed by atoms with Gasteiger partial charge in [-0.1, -0.05) is 153 Å². The lowest BCUT2D eigenvalue weighted by atomic mass is 9.93. The van der Waals surface area contributed by atoms with Crippen LogP contribution in [-0.4, -0.2) is 95.9 Å². The van der Waals surface area contributed by atoms with E-state index in [1.807, 2.05) is 0 Å². The highest BCUT2D eigenvalue weighted by atomic mass is 32.1. The summed E-state index contributed by atoms with van der Waals surface area (Å²) >= 11 is 5.40. The third-order valence-corrected chi connectivity index (χ3v) is 16.8. The molecule has 0 spiro atoms. The summed E-state index contributed by atoms with van der Waals surface area (Å²) in [5.41, 5.74) is 1.22. The minimum atomic E-state index is -4.51. The fraction of sp³-hybridized carbons (Fsp3) is 0.613. The Morgan fingerprint density at radius 2 is 1.10 bits per heavy atom. The molecule has 0 saturated heterocycles. The van der Waals surface area contributed by atoms with Gasteiger partial charge in [-0.25, -0.2) is 13.3 Å². The molecule has 548 valence electrons. The van der Waals surface area contributed by atoms with Crippen LogP contribution in [-0.2, 0) is 52.1 Å². The van der Waals surface area contributed by atoms with E-state index in [2.05, 4.69) is 58.6 Å². The second kappa shape index (κ2) is 56.3. The largest absolute Gasteiger partial charge is 0.505 e. The quantitative estimate of drug-likeness (QED) is 0.00598. The number of nitrogens with one attached hydrogen (secondary N) is 3. The van der Waals surface area contributed by atoms with E-state index in [1.165, 1.54) is 116 Å². The van der Waals surface area contributed by atoms with Gasteiger partial charge in [-0.3, -0.25) is 28.5 Å². The highest BCUT2D eigenvalue weighted by Gasteiger charge is 2.22. The van der Waals surface area contributed by atoms with E-state index >= 15 is 0 Å². The number of hydrogen-bond donors (Lipinski definition) is 6. The number of carbonyl (C=O) groups is 4. The number of benzene rings is 3. The summed E-state index contributed by atoms with van der Waals surface area (Å²) in [6.45, 7) is 5.78. The number of phosphoric ester groups is 1. The first-order valence-corrected chi connectivity index (χ1v) is 37.7. The highest BCUT2D eigenvalue weighted by molar-refractivity contribution is 7.80. The molecule has 0 aromatic heterocycles. The molecule has 1 amide bonds. The Morgan fingerprint density at radius 3 is 1.65 bits per heavy atom. The van der Waals surface area contributed by atoms with Crippen molar-refractivity contribution in [2.75, 3.05) is 45.3 Å². The van der Waals surface area contributed by atoms with Crippen LogP contribution in [0.4, 0.5) is 14.5 Å². The van der Waals surface area contributed by atoms with E-state index in [9.17, 15) is 42.4 Å². The predicted octanol–water partition coefficient (Wildman–Crippen LogP) is 17.7. The molecule has 1 unspecified atom stereocenters. The average molecular weight is 1410 g/mol. The number of halogens is 2. The van der Waals surface area contributed by atoms with E-state index in [1.54, 1.807) is 31.4 Å². The molecule has 1 heterocycles. The molecule has 6 N–H and O–H groups in total. The van der Waals surface area contributed by atoms with Gasteiger partial charge in [0.25, 0.3) is 0 Å². The van der Waals surface area contributed by atoms with Crippen LogP contribution in [0.3, 0.4) is 0 Å². The molecule has 4 rings (SSSR count). The Bertz CT molecular complexity index is 3040. The summed E-state index contributed by atoms with van der Waals surface area (Å²) in [6, 6.07) is 11.2. The number of ether oxygens (including phenoxy) is 3. The summed E-state index contributed by atoms with van der Waals surface area (Å²) in [7, 11) is -2.95. The molecule has 2 aliphatic rings. The van der Waals surface area contributed by atoms with Crippen molar-refractivity contribution in [2.45, 2.75) is 258 Å². The van der Waals surface area contributed by atoms with Crippen LogP contribution in [0, 0.1) is 11.6 Å². The number of esters is 2. The maximum Gasteiger partial charge on any atom is 0.469 e. The number of phenolic OH excluding ortho intramolecular Hbond substituents is 1. The van der Waals surface area contributed by atoms with Crippen molar-refractivity contribution in [2.24, 2.45) is 0 Å². The van der Waals surface area contributed by atoms with Crippen LogP contribution in [0.5, 0.6) is 5.75 Å². The van der Waals surface area contributed by atoms with Gasteiger partial charge in [0.1, 0.15) is 23.7 Å². The summed E-state index contributed by atoms with van der Waals surface area (Å²) in [6.07, 6.45) is 46.5. The summed E-state index contributed by atoms with van der Waals surface area (Å²) in [5, 5.41) is 19.6. The molecule has 23 heteroatoms. The van der Waals surface area contributed by atoms with E-state index in [-0.39, 0.29) is 84.7 Å². The van der Waals surface area contributed by atoms with Crippen molar-refractivity contribution in [1.29, 1.82) is 0 Å². The Labute approximate surface area is 585 Å². The number of unbranched alkanes of at least 4 members (excludes halogenated alkanes) is 25. The summed E-state index contributed by atoms with van der Waals surface area (Å²) in [5.74, 6) is -2.96. The standard InChI is InChI=1S/C40H74O5.C34H38F2N3O9PS.CO2/c1-4-6-8-10-12-14-16-18-20-22-24-26-28-30-32-34-39(41)44-37-38(36-43-3)45-40(42)35-33-31-29-27-25-23-21-19-17-15-13-11-9-7-5-2;35-26-17-24-30(19-28(26)41)48-31-20-29(42)27(36)18-25(31)33(24)21-10-12-22(13-11-21)39-34(50)38-15-5-1-4-14-37-32(43)9-3-2-7-23(40)8-6-16-47-49(44,45)46;2-1-3/h18-21,38H,4-17,22-37H2,1-3H3;10-13,17-20,41H,1-9,14-16H2,(H,37,43)(H2,38,39,50)(H2,44,45,46);/b20-18-,21-19-;;. The molecule has 0 radical (unpaired) electrons. The lowest BCUT2D eigenvalue weighted by Gasteiger charge is -2.17. The molecule has 2 aromatic rings. The lowest BCUT2D eigenvalue weighted by molar-refractivity contribution is -0.191. The molecule has 1 atom stereocenters. The second-order valence-electron chi connectivity index (χ2n) is 24.6. The molecule has 19 nitrogen and oxygen atoms in total. The Balaban J connectivity index is 0.000000645. The highest BCUT2D eigenvalue weighted by Crippen LogP contribution is 2.42. The number of methoxy groups -OCH3 is 1. The van der Waals surface area contributed by atoms with Gasteiger partial charge in [-0.15, -0.1) is 0 Å². The predicted molar refractivity (Wildman–Crippen MR) is 385 cm³/mol. The lowest BCUT2D eigenvalue weighted by Crippen LogP contribution is -2.29. The third kappa shape index (κ3) is 43.8. The molecule has 2 aromatic carbocycles. The first kappa shape index (κ1) is 87.6.